The maximum atomic E-state index is 10.3. The van der Waals surface area contributed by atoms with Crippen molar-refractivity contribution in [2.45, 2.75) is 18.9 Å². The Morgan fingerprint density at radius 2 is 1.96 bits per heavy atom. The molecule has 2 aromatic rings. The third-order valence-electron chi connectivity index (χ3n) is 5.79. The van der Waals surface area contributed by atoms with Gasteiger partial charge in [0.25, 0.3) is 0 Å². The number of likely N-dealkylation sites (N-methyl/N-ethyl adjacent to an activating group) is 1. The van der Waals surface area contributed by atoms with E-state index in [4.69, 9.17) is 18.9 Å². The van der Waals surface area contributed by atoms with E-state index in [0.29, 0.717) is 11.5 Å². The molecule has 1 N–H and O–H groups in total. The number of benzene rings is 2. The standard InChI is InChI=1S/C20H21NO5/c1-21-5-4-11-16-13(21)6-10-7-14(22)15(23-2)8-12(10)17(16)19-20(18(11)24-3)26-9-25-19/h7-8,13,22H,4-6,9H2,1-3H3. The molecule has 6 nitrogen and oxygen atoms in total. The van der Waals surface area contributed by atoms with Crippen LogP contribution in [0.2, 0.25) is 0 Å². The van der Waals surface area contributed by atoms with E-state index >= 15 is 0 Å². The quantitative estimate of drug-likeness (QED) is 0.894. The predicted molar refractivity (Wildman–Crippen MR) is 95.5 cm³/mol. The molecular weight excluding hydrogens is 334 g/mol. The van der Waals surface area contributed by atoms with Crippen LogP contribution < -0.4 is 18.9 Å². The van der Waals surface area contributed by atoms with Crippen molar-refractivity contribution in [3.05, 3.63) is 28.8 Å². The average molecular weight is 355 g/mol. The maximum absolute atomic E-state index is 10.3. The zero-order chi connectivity index (χ0) is 18.0. The molecule has 0 amide bonds. The number of aromatic hydroxyl groups is 1. The van der Waals surface area contributed by atoms with Gasteiger partial charge in [-0.3, -0.25) is 4.90 Å². The highest BCUT2D eigenvalue weighted by Crippen LogP contribution is 2.58. The summed E-state index contributed by atoms with van der Waals surface area (Å²) in [6, 6.07) is 3.93. The van der Waals surface area contributed by atoms with Gasteiger partial charge in [0.05, 0.1) is 14.2 Å². The summed E-state index contributed by atoms with van der Waals surface area (Å²) in [6.45, 7) is 1.14. The van der Waals surface area contributed by atoms with Crippen LogP contribution in [0.3, 0.4) is 0 Å². The summed E-state index contributed by atoms with van der Waals surface area (Å²) in [5.41, 5.74) is 5.62. The molecule has 0 fully saturated rings. The van der Waals surface area contributed by atoms with Crippen LogP contribution in [-0.4, -0.2) is 44.6 Å². The smallest absolute Gasteiger partial charge is 0.231 e. The molecular formula is C20H21NO5. The van der Waals surface area contributed by atoms with Crippen molar-refractivity contribution in [2.75, 3.05) is 34.6 Å². The van der Waals surface area contributed by atoms with Crippen LogP contribution in [-0.2, 0) is 12.8 Å². The van der Waals surface area contributed by atoms with E-state index in [1.807, 2.05) is 12.1 Å². The molecule has 3 aliphatic rings. The van der Waals surface area contributed by atoms with Gasteiger partial charge >= 0.3 is 0 Å². The lowest BCUT2D eigenvalue weighted by Crippen LogP contribution is -2.35. The van der Waals surface area contributed by atoms with Crippen LogP contribution in [0.1, 0.15) is 22.7 Å². The Bertz CT molecular complexity index is 923. The van der Waals surface area contributed by atoms with E-state index in [2.05, 4.69) is 11.9 Å². The van der Waals surface area contributed by atoms with E-state index in [1.54, 1.807) is 14.2 Å². The predicted octanol–water partition coefficient (Wildman–Crippen LogP) is 2.89. The van der Waals surface area contributed by atoms with E-state index in [9.17, 15) is 5.11 Å². The van der Waals surface area contributed by atoms with Gasteiger partial charge in [-0.1, -0.05) is 0 Å². The van der Waals surface area contributed by atoms with Gasteiger partial charge in [0, 0.05) is 23.7 Å². The summed E-state index contributed by atoms with van der Waals surface area (Å²) in [5.74, 6) is 2.84. The van der Waals surface area contributed by atoms with Gasteiger partial charge in [-0.2, -0.15) is 0 Å². The lowest BCUT2D eigenvalue weighted by Gasteiger charge is -2.40. The molecule has 0 aromatic heterocycles. The number of rotatable bonds is 2. The Labute approximate surface area is 151 Å². The highest BCUT2D eigenvalue weighted by Gasteiger charge is 2.41. The van der Waals surface area contributed by atoms with Crippen LogP contribution >= 0.6 is 0 Å². The van der Waals surface area contributed by atoms with Crippen LogP contribution in [0.5, 0.6) is 28.7 Å². The van der Waals surface area contributed by atoms with Crippen molar-refractivity contribution in [1.29, 1.82) is 0 Å². The molecule has 0 spiro atoms. The Kier molecular flexibility index (Phi) is 3.28. The number of fused-ring (bicyclic) bond motifs is 4. The molecule has 1 aliphatic carbocycles. The fourth-order valence-corrected chi connectivity index (χ4v) is 4.57. The fourth-order valence-electron chi connectivity index (χ4n) is 4.57. The molecule has 2 heterocycles. The van der Waals surface area contributed by atoms with Gasteiger partial charge in [-0.05, 0) is 48.7 Å². The maximum Gasteiger partial charge on any atom is 0.231 e. The summed E-state index contributed by atoms with van der Waals surface area (Å²) < 4.78 is 22.7. The second-order valence-corrected chi connectivity index (χ2v) is 7.00. The molecule has 0 saturated carbocycles. The first kappa shape index (κ1) is 15.6. The van der Waals surface area contributed by atoms with Crippen molar-refractivity contribution in [1.82, 2.24) is 4.90 Å². The summed E-state index contributed by atoms with van der Waals surface area (Å²) in [6.07, 6.45) is 1.73. The van der Waals surface area contributed by atoms with Gasteiger partial charge in [-0.15, -0.1) is 0 Å². The molecule has 1 unspecified atom stereocenters. The number of methoxy groups -OCH3 is 2. The molecule has 0 bridgehead atoms. The van der Waals surface area contributed by atoms with Crippen molar-refractivity contribution in [2.24, 2.45) is 0 Å². The highest BCUT2D eigenvalue weighted by molar-refractivity contribution is 5.87. The average Bonchev–Trinajstić information content (AvgIpc) is 3.12. The fraction of sp³-hybridized carbons (Fsp3) is 0.400. The summed E-state index contributed by atoms with van der Waals surface area (Å²) >= 11 is 0. The second-order valence-electron chi connectivity index (χ2n) is 7.00. The molecule has 26 heavy (non-hydrogen) atoms. The minimum Gasteiger partial charge on any atom is -0.504 e. The monoisotopic (exact) mass is 355 g/mol. The van der Waals surface area contributed by atoms with Crippen molar-refractivity contribution < 1.29 is 24.1 Å². The Balaban J connectivity index is 1.88. The molecule has 2 aliphatic heterocycles. The van der Waals surface area contributed by atoms with Gasteiger partial charge in [0.2, 0.25) is 12.5 Å². The molecule has 2 aromatic carbocycles. The van der Waals surface area contributed by atoms with Crippen LogP contribution in [0, 0.1) is 0 Å². The van der Waals surface area contributed by atoms with Gasteiger partial charge in [0.1, 0.15) is 0 Å². The Morgan fingerprint density at radius 1 is 1.15 bits per heavy atom. The first-order valence-electron chi connectivity index (χ1n) is 8.76. The zero-order valence-corrected chi connectivity index (χ0v) is 15.1. The SMILES string of the molecule is COc1cc2c(cc1O)CC1c3c(c(OC)c4c(c3-2)OCO4)CCN1C. The van der Waals surface area contributed by atoms with Crippen molar-refractivity contribution >= 4 is 0 Å². The summed E-state index contributed by atoms with van der Waals surface area (Å²) in [4.78, 5) is 2.36. The zero-order valence-electron chi connectivity index (χ0n) is 15.1. The minimum absolute atomic E-state index is 0.163. The third kappa shape index (κ3) is 1.90. The van der Waals surface area contributed by atoms with Crippen LogP contribution in [0.4, 0.5) is 0 Å². The molecule has 1 atom stereocenters. The topological polar surface area (TPSA) is 60.4 Å². The van der Waals surface area contributed by atoms with Gasteiger partial charge < -0.3 is 24.1 Å². The van der Waals surface area contributed by atoms with Gasteiger partial charge in [0.15, 0.2) is 23.0 Å². The lowest BCUT2D eigenvalue weighted by atomic mass is 9.76. The van der Waals surface area contributed by atoms with E-state index in [0.717, 1.165) is 47.6 Å². The number of phenols is 1. The Morgan fingerprint density at radius 3 is 2.73 bits per heavy atom. The number of phenolic OH excluding ortho intramolecular Hbond substituents is 1. The number of hydrogen-bond donors (Lipinski definition) is 1. The molecule has 5 rings (SSSR count). The van der Waals surface area contributed by atoms with Gasteiger partial charge in [-0.25, -0.2) is 0 Å². The Hall–Kier alpha value is -2.60. The number of ether oxygens (including phenoxy) is 4. The molecule has 6 heteroatoms. The first-order valence-corrected chi connectivity index (χ1v) is 8.76. The minimum atomic E-state index is 0.163. The van der Waals surface area contributed by atoms with E-state index in [1.165, 1.54) is 11.1 Å². The normalized spacial score (nSPS) is 19.7. The summed E-state index contributed by atoms with van der Waals surface area (Å²) in [7, 11) is 5.39. The number of nitrogens with zero attached hydrogens (tertiary/aromatic N) is 1. The largest absolute Gasteiger partial charge is 0.504 e. The lowest BCUT2D eigenvalue weighted by molar-refractivity contribution is 0.171. The number of hydrogen-bond acceptors (Lipinski definition) is 6. The van der Waals surface area contributed by atoms with Crippen molar-refractivity contribution in [3.8, 4) is 39.9 Å². The highest BCUT2D eigenvalue weighted by atomic mass is 16.7. The molecule has 0 saturated heterocycles. The van der Waals surface area contributed by atoms with Crippen LogP contribution in [0.15, 0.2) is 12.1 Å². The molecule has 136 valence electrons. The molecule has 0 radical (unpaired) electrons. The third-order valence-corrected chi connectivity index (χ3v) is 5.79. The second kappa shape index (κ2) is 5.45. The van der Waals surface area contributed by atoms with Crippen molar-refractivity contribution in [3.63, 3.8) is 0 Å². The van der Waals surface area contributed by atoms with Crippen LogP contribution in [0.25, 0.3) is 11.1 Å². The van der Waals surface area contributed by atoms with E-state index < -0.39 is 0 Å². The summed E-state index contributed by atoms with van der Waals surface area (Å²) in [5, 5.41) is 10.3. The first-order chi connectivity index (χ1) is 12.6. The van der Waals surface area contributed by atoms with E-state index in [-0.39, 0.29) is 18.6 Å².